The van der Waals surface area contributed by atoms with Gasteiger partial charge in [-0.15, -0.1) is 0 Å². The topological polar surface area (TPSA) is 29.0 Å². The summed E-state index contributed by atoms with van der Waals surface area (Å²) in [5.41, 5.74) is 4.42. The highest BCUT2D eigenvalue weighted by atomic mass is 19.1. The van der Waals surface area contributed by atoms with Crippen LogP contribution in [-0.4, -0.2) is 16.5 Å². The number of hydrogen-bond acceptors (Lipinski definition) is 3. The van der Waals surface area contributed by atoms with Gasteiger partial charge in [0.15, 0.2) is 0 Å². The van der Waals surface area contributed by atoms with Gasteiger partial charge in [-0.1, -0.05) is 18.2 Å². The van der Waals surface area contributed by atoms with Crippen molar-refractivity contribution in [1.29, 1.82) is 0 Å². The van der Waals surface area contributed by atoms with E-state index in [4.69, 9.17) is 0 Å². The summed E-state index contributed by atoms with van der Waals surface area (Å²) in [5.74, 6) is 0.814. The first kappa shape index (κ1) is 13.2. The van der Waals surface area contributed by atoms with Crippen LogP contribution in [0.15, 0.2) is 42.7 Å². The van der Waals surface area contributed by atoms with Crippen molar-refractivity contribution in [3.63, 3.8) is 0 Å². The Kier molecular flexibility index (Phi) is 3.03. The van der Waals surface area contributed by atoms with Crippen molar-refractivity contribution in [2.75, 3.05) is 11.4 Å². The molecule has 1 aliphatic rings. The van der Waals surface area contributed by atoms with Crippen LogP contribution in [0.4, 0.5) is 10.2 Å². The molecular weight excluding hydrogens is 277 g/mol. The second kappa shape index (κ2) is 5.05. The van der Waals surface area contributed by atoms with Gasteiger partial charge in [-0.05, 0) is 48.2 Å². The minimum absolute atomic E-state index is 0.157. The van der Waals surface area contributed by atoms with Crippen molar-refractivity contribution in [2.24, 2.45) is 0 Å². The molecule has 110 valence electrons. The van der Waals surface area contributed by atoms with Crippen LogP contribution >= 0.6 is 0 Å². The third-order valence-electron chi connectivity index (χ3n) is 4.33. The predicted octanol–water partition coefficient (Wildman–Crippen LogP) is 3.64. The zero-order valence-corrected chi connectivity index (χ0v) is 12.4. The minimum atomic E-state index is -0.157. The Labute approximate surface area is 128 Å². The van der Waals surface area contributed by atoms with E-state index in [1.807, 2.05) is 18.2 Å². The third-order valence-corrected chi connectivity index (χ3v) is 4.33. The minimum Gasteiger partial charge on any atom is -0.351 e. The molecule has 0 atom stereocenters. The van der Waals surface area contributed by atoms with Crippen LogP contribution in [0.2, 0.25) is 0 Å². The van der Waals surface area contributed by atoms with E-state index in [1.54, 1.807) is 12.4 Å². The molecule has 4 rings (SSSR count). The third kappa shape index (κ3) is 2.11. The zero-order chi connectivity index (χ0) is 15.1. The number of benzene rings is 2. The van der Waals surface area contributed by atoms with E-state index >= 15 is 0 Å². The normalized spacial score (nSPS) is 14.2. The molecule has 2 heterocycles. The first-order chi connectivity index (χ1) is 10.7. The van der Waals surface area contributed by atoms with Gasteiger partial charge >= 0.3 is 0 Å². The van der Waals surface area contributed by atoms with E-state index in [-0.39, 0.29) is 5.82 Å². The largest absolute Gasteiger partial charge is 0.351 e. The second-order valence-electron chi connectivity index (χ2n) is 5.75. The lowest BCUT2D eigenvalue weighted by molar-refractivity contribution is 0.619. The molecule has 0 radical (unpaired) electrons. The fourth-order valence-electron chi connectivity index (χ4n) is 3.20. The molecule has 1 aromatic heterocycles. The maximum Gasteiger partial charge on any atom is 0.140 e. The summed E-state index contributed by atoms with van der Waals surface area (Å²) >= 11 is 0. The second-order valence-corrected chi connectivity index (χ2v) is 5.75. The number of rotatable bonds is 1. The number of nitrogens with zero attached hydrogens (tertiary/aromatic N) is 3. The highest BCUT2D eigenvalue weighted by molar-refractivity contribution is 5.92. The summed E-state index contributed by atoms with van der Waals surface area (Å²) in [7, 11) is 0. The highest BCUT2D eigenvalue weighted by Gasteiger charge is 2.20. The Morgan fingerprint density at radius 2 is 2.00 bits per heavy atom. The molecule has 4 heteroatoms. The maximum absolute atomic E-state index is 13.3. The molecule has 0 saturated carbocycles. The molecule has 3 aromatic rings. The van der Waals surface area contributed by atoms with Crippen LogP contribution < -0.4 is 4.90 Å². The fraction of sp³-hybridized carbons (Fsp3) is 0.222. The zero-order valence-electron chi connectivity index (χ0n) is 12.4. The van der Waals surface area contributed by atoms with Crippen LogP contribution in [0.25, 0.3) is 10.9 Å². The summed E-state index contributed by atoms with van der Waals surface area (Å²) in [4.78, 5) is 11.1. The number of aryl methyl sites for hydroxylation is 1. The van der Waals surface area contributed by atoms with Crippen molar-refractivity contribution in [3.05, 3.63) is 65.2 Å². The Bertz CT molecular complexity index is 855. The molecule has 1 aliphatic heterocycles. The standard InChI is InChI=1S/C18H16FN3/c1-12-3-2-4-16-17(12)18(21-11-20-16)22-8-7-13-9-15(19)6-5-14(13)10-22/h2-6,9,11H,7-8,10H2,1H3. The average molecular weight is 293 g/mol. The average Bonchev–Trinajstić information content (AvgIpc) is 2.54. The van der Waals surface area contributed by atoms with Gasteiger partial charge in [-0.3, -0.25) is 0 Å². The molecule has 0 N–H and O–H groups in total. The van der Waals surface area contributed by atoms with Crippen LogP contribution in [-0.2, 0) is 13.0 Å². The molecule has 3 nitrogen and oxygen atoms in total. The first-order valence-corrected chi connectivity index (χ1v) is 7.45. The summed E-state index contributed by atoms with van der Waals surface area (Å²) in [5, 5.41) is 1.11. The molecule has 0 aliphatic carbocycles. The van der Waals surface area contributed by atoms with Gasteiger partial charge in [0.2, 0.25) is 0 Å². The van der Waals surface area contributed by atoms with Gasteiger partial charge in [0.1, 0.15) is 18.0 Å². The summed E-state index contributed by atoms with van der Waals surface area (Å²) in [6.07, 6.45) is 2.46. The lowest BCUT2D eigenvalue weighted by Crippen LogP contribution is -2.31. The molecule has 22 heavy (non-hydrogen) atoms. The van der Waals surface area contributed by atoms with Crippen molar-refractivity contribution in [3.8, 4) is 0 Å². The molecule has 0 spiro atoms. The smallest absolute Gasteiger partial charge is 0.140 e. The monoisotopic (exact) mass is 293 g/mol. The highest BCUT2D eigenvalue weighted by Crippen LogP contribution is 2.30. The summed E-state index contributed by atoms with van der Waals surface area (Å²) in [6.45, 7) is 3.69. The van der Waals surface area contributed by atoms with Gasteiger partial charge < -0.3 is 4.90 Å². The number of aromatic nitrogens is 2. The van der Waals surface area contributed by atoms with E-state index in [0.717, 1.165) is 41.8 Å². The maximum atomic E-state index is 13.3. The predicted molar refractivity (Wildman–Crippen MR) is 85.4 cm³/mol. The van der Waals surface area contributed by atoms with Crippen LogP contribution in [0.1, 0.15) is 16.7 Å². The lowest BCUT2D eigenvalue weighted by atomic mass is 9.99. The molecule has 0 saturated heterocycles. The van der Waals surface area contributed by atoms with E-state index in [2.05, 4.69) is 27.9 Å². The van der Waals surface area contributed by atoms with Crippen molar-refractivity contribution in [1.82, 2.24) is 9.97 Å². The quantitative estimate of drug-likeness (QED) is 0.686. The van der Waals surface area contributed by atoms with E-state index < -0.39 is 0 Å². The van der Waals surface area contributed by atoms with E-state index in [0.29, 0.717) is 0 Å². The van der Waals surface area contributed by atoms with Gasteiger partial charge in [0, 0.05) is 18.5 Å². The number of fused-ring (bicyclic) bond motifs is 2. The summed E-state index contributed by atoms with van der Waals surface area (Å²) < 4.78 is 13.3. The van der Waals surface area contributed by atoms with Crippen LogP contribution in [0.5, 0.6) is 0 Å². The summed E-state index contributed by atoms with van der Waals surface area (Å²) in [6, 6.07) is 11.2. The first-order valence-electron chi connectivity index (χ1n) is 7.45. The molecule has 2 aromatic carbocycles. The van der Waals surface area contributed by atoms with E-state index in [9.17, 15) is 4.39 Å². The molecule has 0 amide bonds. The number of anilines is 1. The Balaban J connectivity index is 1.79. The van der Waals surface area contributed by atoms with Gasteiger partial charge in [0.05, 0.1) is 5.52 Å². The van der Waals surface area contributed by atoms with Crippen LogP contribution in [0, 0.1) is 12.7 Å². The fourth-order valence-corrected chi connectivity index (χ4v) is 3.20. The van der Waals surface area contributed by atoms with Crippen molar-refractivity contribution >= 4 is 16.7 Å². The lowest BCUT2D eigenvalue weighted by Gasteiger charge is -2.30. The number of hydrogen-bond donors (Lipinski definition) is 0. The molecular formula is C18H16FN3. The number of halogens is 1. The Morgan fingerprint density at radius 3 is 2.91 bits per heavy atom. The van der Waals surface area contributed by atoms with Gasteiger partial charge in [0.25, 0.3) is 0 Å². The molecule has 0 unspecified atom stereocenters. The molecule has 0 bridgehead atoms. The Morgan fingerprint density at radius 1 is 1.09 bits per heavy atom. The van der Waals surface area contributed by atoms with Crippen molar-refractivity contribution in [2.45, 2.75) is 19.9 Å². The van der Waals surface area contributed by atoms with Crippen LogP contribution in [0.3, 0.4) is 0 Å². The van der Waals surface area contributed by atoms with Gasteiger partial charge in [-0.25, -0.2) is 14.4 Å². The van der Waals surface area contributed by atoms with Crippen molar-refractivity contribution < 1.29 is 4.39 Å². The van der Waals surface area contributed by atoms with E-state index in [1.165, 1.54) is 17.2 Å². The molecule has 0 fully saturated rings. The SMILES string of the molecule is Cc1cccc2ncnc(N3CCc4cc(F)ccc4C3)c12. The Hall–Kier alpha value is -2.49. The van der Waals surface area contributed by atoms with Gasteiger partial charge in [-0.2, -0.15) is 0 Å².